The minimum absolute atomic E-state index is 0.0754. The van der Waals surface area contributed by atoms with Gasteiger partial charge in [0.15, 0.2) is 0 Å². The SMILES string of the molecule is COc1ccccc1NC(=O)CN1C(=O)N/C(=C/c2cc(I)c(OCc3ccccc3Cl)c(I)c2)C1=O. The second-order valence-electron chi connectivity index (χ2n) is 7.82. The molecule has 1 heterocycles. The summed E-state index contributed by atoms with van der Waals surface area (Å²) in [6.45, 7) is -0.128. The number of imide groups is 1. The number of para-hydroxylation sites is 2. The zero-order chi connectivity index (χ0) is 26.5. The molecule has 37 heavy (non-hydrogen) atoms. The molecule has 0 radical (unpaired) electrons. The monoisotopic (exact) mass is 743 g/mol. The summed E-state index contributed by atoms with van der Waals surface area (Å²) in [5.41, 5.74) is 2.09. The number of benzene rings is 3. The first-order valence-electron chi connectivity index (χ1n) is 10.9. The molecule has 1 aliphatic heterocycles. The Kier molecular flexibility index (Phi) is 8.92. The van der Waals surface area contributed by atoms with Gasteiger partial charge in [0.05, 0.1) is 19.9 Å². The summed E-state index contributed by atoms with van der Waals surface area (Å²) >= 11 is 10.5. The van der Waals surface area contributed by atoms with Crippen LogP contribution in [0.15, 0.2) is 66.4 Å². The van der Waals surface area contributed by atoms with Crippen molar-refractivity contribution in [3.8, 4) is 11.5 Å². The van der Waals surface area contributed by atoms with Crippen LogP contribution in [0.4, 0.5) is 10.5 Å². The van der Waals surface area contributed by atoms with Crippen molar-refractivity contribution in [2.24, 2.45) is 0 Å². The van der Waals surface area contributed by atoms with Crippen LogP contribution >= 0.6 is 56.8 Å². The molecule has 190 valence electrons. The number of amides is 4. The van der Waals surface area contributed by atoms with Crippen LogP contribution in [-0.4, -0.2) is 36.4 Å². The van der Waals surface area contributed by atoms with E-state index in [0.717, 1.165) is 17.6 Å². The Morgan fingerprint density at radius 1 is 1.08 bits per heavy atom. The maximum absolute atomic E-state index is 12.9. The van der Waals surface area contributed by atoms with E-state index < -0.39 is 24.4 Å². The van der Waals surface area contributed by atoms with Crippen LogP contribution in [0, 0.1) is 7.14 Å². The number of hydrogen-bond donors (Lipinski definition) is 2. The Bertz CT molecular complexity index is 1390. The number of rotatable bonds is 8. The van der Waals surface area contributed by atoms with Gasteiger partial charge in [-0.25, -0.2) is 9.69 Å². The lowest BCUT2D eigenvalue weighted by Gasteiger charge is -2.13. The van der Waals surface area contributed by atoms with Crippen molar-refractivity contribution in [3.05, 3.63) is 89.7 Å². The number of carbonyl (C=O) groups excluding carboxylic acids is 3. The van der Waals surface area contributed by atoms with Crippen LogP contribution < -0.4 is 20.1 Å². The molecular formula is C26H20ClI2N3O5. The van der Waals surface area contributed by atoms with E-state index in [2.05, 4.69) is 55.8 Å². The molecule has 3 aromatic rings. The Balaban J connectivity index is 1.45. The maximum atomic E-state index is 12.9. The third kappa shape index (κ3) is 6.54. The number of nitrogens with zero attached hydrogens (tertiary/aromatic N) is 1. The first kappa shape index (κ1) is 27.2. The topological polar surface area (TPSA) is 97.0 Å². The maximum Gasteiger partial charge on any atom is 0.329 e. The van der Waals surface area contributed by atoms with Crippen molar-refractivity contribution in [2.45, 2.75) is 6.61 Å². The first-order chi connectivity index (χ1) is 17.8. The molecule has 0 aromatic heterocycles. The smallest absolute Gasteiger partial charge is 0.329 e. The van der Waals surface area contributed by atoms with Crippen LogP contribution in [0.1, 0.15) is 11.1 Å². The summed E-state index contributed by atoms with van der Waals surface area (Å²) in [5, 5.41) is 5.83. The van der Waals surface area contributed by atoms with E-state index in [1.54, 1.807) is 30.3 Å². The molecule has 0 saturated carbocycles. The minimum Gasteiger partial charge on any atom is -0.495 e. The quantitative estimate of drug-likeness (QED) is 0.176. The molecule has 0 aliphatic carbocycles. The van der Waals surface area contributed by atoms with E-state index in [1.807, 2.05) is 36.4 Å². The zero-order valence-corrected chi connectivity index (χ0v) is 24.5. The van der Waals surface area contributed by atoms with E-state index in [1.165, 1.54) is 7.11 Å². The molecule has 0 atom stereocenters. The van der Waals surface area contributed by atoms with Gasteiger partial charge in [0.2, 0.25) is 5.91 Å². The number of carbonyl (C=O) groups is 3. The van der Waals surface area contributed by atoms with Crippen LogP contribution in [-0.2, 0) is 16.2 Å². The van der Waals surface area contributed by atoms with Crippen molar-refractivity contribution < 1.29 is 23.9 Å². The van der Waals surface area contributed by atoms with E-state index in [9.17, 15) is 14.4 Å². The number of methoxy groups -OCH3 is 1. The van der Waals surface area contributed by atoms with Gasteiger partial charge in [0, 0.05) is 10.6 Å². The van der Waals surface area contributed by atoms with Gasteiger partial charge in [-0.3, -0.25) is 9.59 Å². The average molecular weight is 744 g/mol. The van der Waals surface area contributed by atoms with E-state index in [4.69, 9.17) is 21.1 Å². The highest BCUT2D eigenvalue weighted by Gasteiger charge is 2.35. The average Bonchev–Trinajstić information content (AvgIpc) is 3.12. The van der Waals surface area contributed by atoms with E-state index >= 15 is 0 Å². The first-order valence-corrected chi connectivity index (χ1v) is 13.4. The third-order valence-electron chi connectivity index (χ3n) is 5.31. The largest absolute Gasteiger partial charge is 0.495 e. The molecule has 8 nitrogen and oxygen atoms in total. The van der Waals surface area contributed by atoms with Crippen LogP contribution in [0.25, 0.3) is 6.08 Å². The Hall–Kier alpha value is -2.84. The molecule has 4 rings (SSSR count). The van der Waals surface area contributed by atoms with Gasteiger partial charge in [0.1, 0.15) is 30.3 Å². The fraction of sp³-hybridized carbons (Fsp3) is 0.115. The van der Waals surface area contributed by atoms with E-state index in [0.29, 0.717) is 34.4 Å². The molecule has 0 unspecified atom stereocenters. The number of ether oxygens (including phenoxy) is 2. The molecule has 3 aromatic carbocycles. The van der Waals surface area contributed by atoms with Gasteiger partial charge in [-0.2, -0.15) is 0 Å². The number of hydrogen-bond acceptors (Lipinski definition) is 5. The number of nitrogens with one attached hydrogen (secondary N) is 2. The lowest BCUT2D eigenvalue weighted by molar-refractivity contribution is -0.127. The van der Waals surface area contributed by atoms with Crippen LogP contribution in [0.5, 0.6) is 11.5 Å². The van der Waals surface area contributed by atoms with Gasteiger partial charge in [-0.05, 0) is 87.2 Å². The van der Waals surface area contributed by atoms with Gasteiger partial charge >= 0.3 is 6.03 Å². The van der Waals surface area contributed by atoms with Crippen LogP contribution in [0.2, 0.25) is 5.02 Å². The highest BCUT2D eigenvalue weighted by atomic mass is 127. The molecule has 11 heteroatoms. The standard InChI is InChI=1S/C26H20ClI2N3O5/c1-36-22-9-5-4-8-20(22)30-23(33)13-32-25(34)21(31-26(32)35)12-15-10-18(28)24(19(29)11-15)37-14-16-6-2-3-7-17(16)27/h2-12H,13-14H2,1H3,(H,30,33)(H,31,35)/b21-12+. The number of anilines is 1. The Morgan fingerprint density at radius 3 is 2.46 bits per heavy atom. The van der Waals surface area contributed by atoms with Gasteiger partial charge in [-0.1, -0.05) is 41.9 Å². The summed E-state index contributed by atoms with van der Waals surface area (Å²) < 4.78 is 12.9. The Morgan fingerprint density at radius 2 is 1.76 bits per heavy atom. The molecule has 0 spiro atoms. The fourth-order valence-corrected chi connectivity index (χ4v) is 5.85. The molecule has 4 amide bonds. The highest BCUT2D eigenvalue weighted by Crippen LogP contribution is 2.31. The summed E-state index contributed by atoms with van der Waals surface area (Å²) in [6.07, 6.45) is 1.57. The summed E-state index contributed by atoms with van der Waals surface area (Å²) in [5.74, 6) is 0.0411. The molecular weight excluding hydrogens is 724 g/mol. The Labute approximate surface area is 245 Å². The second kappa shape index (κ2) is 12.1. The molecule has 1 fully saturated rings. The zero-order valence-electron chi connectivity index (χ0n) is 19.4. The predicted octanol–water partition coefficient (Wildman–Crippen LogP) is 5.67. The van der Waals surface area contributed by atoms with Crippen molar-refractivity contribution in [2.75, 3.05) is 19.0 Å². The second-order valence-corrected chi connectivity index (χ2v) is 10.6. The van der Waals surface area contributed by atoms with Crippen molar-refractivity contribution in [3.63, 3.8) is 0 Å². The summed E-state index contributed by atoms with van der Waals surface area (Å²) in [6, 6.07) is 17.3. The van der Waals surface area contributed by atoms with Gasteiger partial charge in [0.25, 0.3) is 5.91 Å². The van der Waals surface area contributed by atoms with Crippen molar-refractivity contribution in [1.82, 2.24) is 10.2 Å². The van der Waals surface area contributed by atoms with Crippen molar-refractivity contribution >= 4 is 86.4 Å². The minimum atomic E-state index is -0.671. The lowest BCUT2D eigenvalue weighted by Crippen LogP contribution is -2.38. The molecule has 1 aliphatic rings. The van der Waals surface area contributed by atoms with E-state index in [-0.39, 0.29) is 5.70 Å². The molecule has 1 saturated heterocycles. The van der Waals surface area contributed by atoms with Crippen LogP contribution in [0.3, 0.4) is 0 Å². The van der Waals surface area contributed by atoms with Gasteiger partial charge < -0.3 is 20.1 Å². The predicted molar refractivity (Wildman–Crippen MR) is 158 cm³/mol. The molecule has 0 bridgehead atoms. The fourth-order valence-electron chi connectivity index (χ4n) is 3.53. The van der Waals surface area contributed by atoms with Gasteiger partial charge in [-0.15, -0.1) is 0 Å². The number of halogens is 3. The lowest BCUT2D eigenvalue weighted by atomic mass is 10.2. The number of urea groups is 1. The normalized spacial score (nSPS) is 14.1. The summed E-state index contributed by atoms with van der Waals surface area (Å²) in [4.78, 5) is 38.7. The third-order valence-corrected chi connectivity index (χ3v) is 7.28. The van der Waals surface area contributed by atoms with Crippen molar-refractivity contribution in [1.29, 1.82) is 0 Å². The highest BCUT2D eigenvalue weighted by molar-refractivity contribution is 14.1. The molecule has 2 N–H and O–H groups in total. The summed E-state index contributed by atoms with van der Waals surface area (Å²) in [7, 11) is 1.49.